The Bertz CT molecular complexity index is 695. The van der Waals surface area contributed by atoms with Crippen molar-refractivity contribution in [2.45, 2.75) is 25.8 Å². The summed E-state index contributed by atoms with van der Waals surface area (Å²) in [5.41, 5.74) is 3.52. The zero-order valence-corrected chi connectivity index (χ0v) is 11.8. The van der Waals surface area contributed by atoms with E-state index in [0.717, 1.165) is 16.7 Å². The molecule has 1 N–H and O–H groups in total. The fraction of sp³-hybridized carbons (Fsp3) is 0.235. The quantitative estimate of drug-likeness (QED) is 0.939. The first-order valence-electron chi connectivity index (χ1n) is 6.96. The molecule has 4 nitrogen and oxygen atoms in total. The van der Waals surface area contributed by atoms with Crippen molar-refractivity contribution in [3.05, 3.63) is 65.0 Å². The number of Topliss-reactive ketones (excluding diaryl/α,β-unsaturated/α-hetero) is 1. The number of ketones is 1. The second-order valence-corrected chi connectivity index (χ2v) is 5.30. The van der Waals surface area contributed by atoms with Gasteiger partial charge in [-0.05, 0) is 29.7 Å². The first-order chi connectivity index (χ1) is 10.2. The molecule has 0 aliphatic heterocycles. The minimum Gasteiger partial charge on any atom is -0.351 e. The molecule has 1 atom stereocenters. The molecule has 1 aromatic carbocycles. The van der Waals surface area contributed by atoms with Gasteiger partial charge in [0.15, 0.2) is 5.78 Å². The molecule has 0 saturated carbocycles. The number of carbonyl (C=O) groups is 2. The Morgan fingerprint density at radius 3 is 2.95 bits per heavy atom. The van der Waals surface area contributed by atoms with Gasteiger partial charge in [-0.15, -0.1) is 0 Å². The first kappa shape index (κ1) is 13.5. The lowest BCUT2D eigenvalue weighted by Gasteiger charge is -2.13. The number of fused-ring (bicyclic) bond motifs is 1. The highest BCUT2D eigenvalue weighted by Crippen LogP contribution is 2.35. The molecule has 0 spiro atoms. The Kier molecular flexibility index (Phi) is 3.52. The van der Waals surface area contributed by atoms with E-state index in [1.807, 2.05) is 31.2 Å². The lowest BCUT2D eigenvalue weighted by molar-refractivity contribution is -0.122. The number of rotatable bonds is 3. The Balaban J connectivity index is 1.77. The molecule has 1 heterocycles. The van der Waals surface area contributed by atoms with Gasteiger partial charge in [-0.3, -0.25) is 14.6 Å². The van der Waals surface area contributed by atoms with Gasteiger partial charge >= 0.3 is 0 Å². The van der Waals surface area contributed by atoms with Crippen molar-refractivity contribution >= 4 is 11.7 Å². The van der Waals surface area contributed by atoms with E-state index in [1.54, 1.807) is 18.5 Å². The summed E-state index contributed by atoms with van der Waals surface area (Å²) in [6, 6.07) is 9.35. The van der Waals surface area contributed by atoms with Gasteiger partial charge in [0.05, 0.1) is 5.92 Å². The summed E-state index contributed by atoms with van der Waals surface area (Å²) in [5.74, 6) is -0.416. The highest BCUT2D eigenvalue weighted by molar-refractivity contribution is 6.07. The van der Waals surface area contributed by atoms with Crippen LogP contribution in [0.2, 0.25) is 0 Å². The summed E-state index contributed by atoms with van der Waals surface area (Å²) >= 11 is 0. The average Bonchev–Trinajstić information content (AvgIpc) is 2.85. The monoisotopic (exact) mass is 280 g/mol. The number of nitrogens with one attached hydrogen (secondary N) is 1. The van der Waals surface area contributed by atoms with Gasteiger partial charge in [0.1, 0.15) is 0 Å². The molecule has 0 fully saturated rings. The fourth-order valence-corrected chi connectivity index (χ4v) is 2.82. The Hall–Kier alpha value is -2.49. The van der Waals surface area contributed by atoms with Crippen LogP contribution in [0, 0.1) is 6.92 Å². The maximum Gasteiger partial charge on any atom is 0.228 e. The summed E-state index contributed by atoms with van der Waals surface area (Å²) < 4.78 is 0. The lowest BCUT2D eigenvalue weighted by atomic mass is 9.96. The average molecular weight is 280 g/mol. The summed E-state index contributed by atoms with van der Waals surface area (Å²) in [4.78, 5) is 28.4. The molecule has 106 valence electrons. The summed E-state index contributed by atoms with van der Waals surface area (Å²) in [6.07, 6.45) is 3.68. The molecule has 21 heavy (non-hydrogen) atoms. The van der Waals surface area contributed by atoms with E-state index in [9.17, 15) is 9.59 Å². The van der Waals surface area contributed by atoms with Crippen LogP contribution in [-0.2, 0) is 11.3 Å². The molecular formula is C17H16N2O2. The molecule has 1 aliphatic carbocycles. The molecule has 1 aliphatic rings. The topological polar surface area (TPSA) is 59.1 Å². The molecule has 1 amide bonds. The van der Waals surface area contributed by atoms with Gasteiger partial charge in [0.2, 0.25) is 5.91 Å². The van der Waals surface area contributed by atoms with E-state index in [2.05, 4.69) is 10.3 Å². The Morgan fingerprint density at radius 1 is 1.33 bits per heavy atom. The molecule has 2 aromatic rings. The van der Waals surface area contributed by atoms with Crippen molar-refractivity contribution in [3.63, 3.8) is 0 Å². The SMILES string of the molecule is Cc1cccc2c1C(C(=O)NCc1cccnc1)CC2=O. The van der Waals surface area contributed by atoms with Gasteiger partial charge in [-0.2, -0.15) is 0 Å². The number of aryl methyl sites for hydroxylation is 1. The van der Waals surface area contributed by atoms with Crippen LogP contribution in [0.25, 0.3) is 0 Å². The van der Waals surface area contributed by atoms with Gasteiger partial charge < -0.3 is 5.32 Å². The number of aromatic nitrogens is 1. The third-order valence-corrected chi connectivity index (χ3v) is 3.87. The molecule has 0 bridgehead atoms. The van der Waals surface area contributed by atoms with Crippen LogP contribution in [0.5, 0.6) is 0 Å². The number of pyridine rings is 1. The van der Waals surface area contributed by atoms with Crippen LogP contribution < -0.4 is 5.32 Å². The van der Waals surface area contributed by atoms with E-state index in [0.29, 0.717) is 12.1 Å². The maximum atomic E-state index is 12.4. The van der Waals surface area contributed by atoms with Crippen LogP contribution in [-0.4, -0.2) is 16.7 Å². The number of benzene rings is 1. The highest BCUT2D eigenvalue weighted by atomic mass is 16.2. The Morgan fingerprint density at radius 2 is 2.19 bits per heavy atom. The lowest BCUT2D eigenvalue weighted by Crippen LogP contribution is -2.28. The van der Waals surface area contributed by atoms with Crippen molar-refractivity contribution in [1.82, 2.24) is 10.3 Å². The zero-order valence-electron chi connectivity index (χ0n) is 11.8. The van der Waals surface area contributed by atoms with E-state index in [-0.39, 0.29) is 24.0 Å². The number of carbonyl (C=O) groups excluding carboxylic acids is 2. The normalized spacial score (nSPS) is 16.6. The molecular weight excluding hydrogens is 264 g/mol. The third kappa shape index (κ3) is 2.57. The zero-order chi connectivity index (χ0) is 14.8. The largest absolute Gasteiger partial charge is 0.351 e. The minimum atomic E-state index is -0.370. The van der Waals surface area contributed by atoms with Crippen LogP contribution >= 0.6 is 0 Å². The molecule has 0 radical (unpaired) electrons. The van der Waals surface area contributed by atoms with E-state index >= 15 is 0 Å². The number of nitrogens with zero attached hydrogens (tertiary/aromatic N) is 1. The van der Waals surface area contributed by atoms with Crippen molar-refractivity contribution in [3.8, 4) is 0 Å². The van der Waals surface area contributed by atoms with Crippen LogP contribution in [0.1, 0.15) is 39.4 Å². The number of amides is 1. The van der Waals surface area contributed by atoms with Crippen LogP contribution in [0.15, 0.2) is 42.7 Å². The predicted octanol–water partition coefficient (Wildman–Crippen LogP) is 2.38. The molecule has 1 aromatic heterocycles. The maximum absolute atomic E-state index is 12.4. The standard InChI is InChI=1S/C17H16N2O2/c1-11-4-2-6-13-15(20)8-14(16(11)13)17(21)19-10-12-5-3-7-18-9-12/h2-7,9,14H,8,10H2,1H3,(H,19,21). The molecule has 4 heteroatoms. The van der Waals surface area contributed by atoms with Crippen molar-refractivity contribution in [2.75, 3.05) is 0 Å². The van der Waals surface area contributed by atoms with Gasteiger partial charge in [0, 0.05) is 30.9 Å². The second kappa shape index (κ2) is 5.48. The smallest absolute Gasteiger partial charge is 0.228 e. The van der Waals surface area contributed by atoms with E-state index < -0.39 is 0 Å². The highest BCUT2D eigenvalue weighted by Gasteiger charge is 2.35. The van der Waals surface area contributed by atoms with Crippen molar-refractivity contribution in [1.29, 1.82) is 0 Å². The molecule has 1 unspecified atom stereocenters. The fourth-order valence-electron chi connectivity index (χ4n) is 2.82. The second-order valence-electron chi connectivity index (χ2n) is 5.30. The van der Waals surface area contributed by atoms with Crippen LogP contribution in [0.4, 0.5) is 0 Å². The van der Waals surface area contributed by atoms with Gasteiger partial charge in [-0.1, -0.05) is 24.3 Å². The van der Waals surface area contributed by atoms with E-state index in [4.69, 9.17) is 0 Å². The molecule has 0 saturated heterocycles. The number of hydrogen-bond acceptors (Lipinski definition) is 3. The van der Waals surface area contributed by atoms with Gasteiger partial charge in [-0.25, -0.2) is 0 Å². The van der Waals surface area contributed by atoms with Crippen LogP contribution in [0.3, 0.4) is 0 Å². The van der Waals surface area contributed by atoms with Crippen molar-refractivity contribution < 1.29 is 9.59 Å². The third-order valence-electron chi connectivity index (χ3n) is 3.87. The van der Waals surface area contributed by atoms with Crippen molar-refractivity contribution in [2.24, 2.45) is 0 Å². The summed E-state index contributed by atoms with van der Waals surface area (Å²) in [6.45, 7) is 2.37. The van der Waals surface area contributed by atoms with E-state index in [1.165, 1.54) is 0 Å². The minimum absolute atomic E-state index is 0.0511. The Labute approximate surface area is 123 Å². The predicted molar refractivity (Wildman–Crippen MR) is 79.0 cm³/mol. The first-order valence-corrected chi connectivity index (χ1v) is 6.96. The van der Waals surface area contributed by atoms with Gasteiger partial charge in [0.25, 0.3) is 0 Å². The summed E-state index contributed by atoms with van der Waals surface area (Å²) in [5, 5.41) is 2.90. The molecule has 3 rings (SSSR count). The summed E-state index contributed by atoms with van der Waals surface area (Å²) in [7, 11) is 0. The number of hydrogen-bond donors (Lipinski definition) is 1.